The predicted molar refractivity (Wildman–Crippen MR) is 62.0 cm³/mol. The summed E-state index contributed by atoms with van der Waals surface area (Å²) in [5, 5.41) is 9.60. The van der Waals surface area contributed by atoms with Gasteiger partial charge in [-0.05, 0) is 12.1 Å². The van der Waals surface area contributed by atoms with Gasteiger partial charge in [-0.1, -0.05) is 18.2 Å². The van der Waals surface area contributed by atoms with Crippen LogP contribution in [-0.2, 0) is 14.3 Å². The molecule has 5 heteroatoms. The smallest absolute Gasteiger partial charge is 0.338 e. The summed E-state index contributed by atoms with van der Waals surface area (Å²) in [6.07, 6.45) is -0.857. The normalized spacial score (nSPS) is 26.8. The molecule has 0 spiro atoms. The van der Waals surface area contributed by atoms with Gasteiger partial charge in [0.2, 0.25) is 0 Å². The molecule has 0 radical (unpaired) electrons. The molecule has 1 aromatic carbocycles. The van der Waals surface area contributed by atoms with Crippen LogP contribution in [-0.4, -0.2) is 42.8 Å². The van der Waals surface area contributed by atoms with Crippen molar-refractivity contribution in [2.45, 2.75) is 12.2 Å². The number of carbonyl (C=O) groups excluding carboxylic acids is 2. The van der Waals surface area contributed by atoms with Crippen molar-refractivity contribution in [2.75, 3.05) is 13.2 Å². The summed E-state index contributed by atoms with van der Waals surface area (Å²) in [4.78, 5) is 22.4. The summed E-state index contributed by atoms with van der Waals surface area (Å²) in [6.45, 7) is 0.0647. The quantitative estimate of drug-likeness (QED) is 0.619. The topological polar surface area (TPSA) is 72.8 Å². The second-order valence-electron chi connectivity index (χ2n) is 4.13. The molecule has 5 nitrogen and oxygen atoms in total. The predicted octanol–water partition coefficient (Wildman–Crippen LogP) is 0.418. The number of carbonyl (C=O) groups is 2. The van der Waals surface area contributed by atoms with E-state index in [9.17, 15) is 14.7 Å². The highest BCUT2D eigenvalue weighted by atomic mass is 16.5. The molecule has 3 atom stereocenters. The van der Waals surface area contributed by atoms with Gasteiger partial charge < -0.3 is 19.4 Å². The van der Waals surface area contributed by atoms with E-state index in [1.807, 2.05) is 0 Å². The van der Waals surface area contributed by atoms with E-state index >= 15 is 0 Å². The Hall–Kier alpha value is -1.72. The Morgan fingerprint density at radius 1 is 1.44 bits per heavy atom. The number of aliphatic hydroxyl groups is 1. The number of rotatable bonds is 4. The molecule has 0 saturated carbocycles. The van der Waals surface area contributed by atoms with Gasteiger partial charge in [0.05, 0.1) is 30.8 Å². The molecule has 0 amide bonds. The van der Waals surface area contributed by atoms with Crippen molar-refractivity contribution < 1.29 is 24.2 Å². The SMILES string of the molecule is O=C[C@@H]1OC[C@H](O)[C@H]1COC(=O)c1ccccc1. The molecule has 1 fully saturated rings. The molecular weight excluding hydrogens is 236 g/mol. The summed E-state index contributed by atoms with van der Waals surface area (Å²) in [7, 11) is 0. The maximum absolute atomic E-state index is 11.7. The molecule has 0 unspecified atom stereocenters. The standard InChI is InChI=1S/C13H14O5/c14-6-12-10(11(15)8-17-12)7-18-13(16)9-4-2-1-3-5-9/h1-6,10-12,15H,7-8H2/t10-,11+,12+/m1/s1. The summed E-state index contributed by atoms with van der Waals surface area (Å²) in [5.41, 5.74) is 0.438. The minimum absolute atomic E-state index is 0.0295. The third-order valence-electron chi connectivity index (χ3n) is 2.93. The first-order valence-corrected chi connectivity index (χ1v) is 5.69. The Labute approximate surface area is 104 Å². The molecule has 1 saturated heterocycles. The molecule has 96 valence electrons. The Kier molecular flexibility index (Phi) is 4.07. The Morgan fingerprint density at radius 2 is 2.17 bits per heavy atom. The van der Waals surface area contributed by atoms with Crippen LogP contribution in [0.3, 0.4) is 0 Å². The van der Waals surface area contributed by atoms with Gasteiger partial charge in [-0.15, -0.1) is 0 Å². The number of hydrogen-bond donors (Lipinski definition) is 1. The molecule has 2 rings (SSSR count). The van der Waals surface area contributed by atoms with Crippen molar-refractivity contribution >= 4 is 12.3 Å². The molecule has 0 aromatic heterocycles. The van der Waals surface area contributed by atoms with E-state index in [0.717, 1.165) is 0 Å². The van der Waals surface area contributed by atoms with Crippen LogP contribution in [0.15, 0.2) is 30.3 Å². The van der Waals surface area contributed by atoms with Crippen molar-refractivity contribution in [2.24, 2.45) is 5.92 Å². The fraction of sp³-hybridized carbons (Fsp3) is 0.385. The van der Waals surface area contributed by atoms with E-state index in [2.05, 4.69) is 0 Å². The highest BCUT2D eigenvalue weighted by Crippen LogP contribution is 2.20. The van der Waals surface area contributed by atoms with E-state index in [1.165, 1.54) is 0 Å². The van der Waals surface area contributed by atoms with Crippen molar-refractivity contribution in [3.63, 3.8) is 0 Å². The van der Waals surface area contributed by atoms with Crippen molar-refractivity contribution in [3.05, 3.63) is 35.9 Å². The van der Waals surface area contributed by atoms with Crippen LogP contribution < -0.4 is 0 Å². The van der Waals surface area contributed by atoms with Crippen LogP contribution in [0.1, 0.15) is 10.4 Å². The lowest BCUT2D eigenvalue weighted by atomic mass is 10.0. The first kappa shape index (κ1) is 12.7. The highest BCUT2D eigenvalue weighted by molar-refractivity contribution is 5.89. The molecule has 1 aromatic rings. The molecular formula is C13H14O5. The number of aldehydes is 1. The highest BCUT2D eigenvalue weighted by Gasteiger charge is 2.36. The summed E-state index contributed by atoms with van der Waals surface area (Å²) < 4.78 is 10.1. The second kappa shape index (κ2) is 5.75. The van der Waals surface area contributed by atoms with Gasteiger partial charge in [0.15, 0.2) is 0 Å². The van der Waals surface area contributed by atoms with Crippen molar-refractivity contribution in [1.29, 1.82) is 0 Å². The fourth-order valence-corrected chi connectivity index (χ4v) is 1.85. The molecule has 1 N–H and O–H groups in total. The van der Waals surface area contributed by atoms with E-state index in [4.69, 9.17) is 9.47 Å². The lowest BCUT2D eigenvalue weighted by molar-refractivity contribution is -0.117. The summed E-state index contributed by atoms with van der Waals surface area (Å²) in [6, 6.07) is 8.55. The van der Waals surface area contributed by atoms with Crippen LogP contribution in [0.4, 0.5) is 0 Å². The third-order valence-corrected chi connectivity index (χ3v) is 2.93. The van der Waals surface area contributed by atoms with Gasteiger partial charge in [0.25, 0.3) is 0 Å². The minimum Gasteiger partial charge on any atom is -0.462 e. The number of aliphatic hydroxyl groups excluding tert-OH is 1. The Bertz CT molecular complexity index is 417. The van der Waals surface area contributed by atoms with Crippen molar-refractivity contribution in [3.8, 4) is 0 Å². The van der Waals surface area contributed by atoms with Crippen molar-refractivity contribution in [1.82, 2.24) is 0 Å². The van der Waals surface area contributed by atoms with Crippen LogP contribution in [0.25, 0.3) is 0 Å². The van der Waals surface area contributed by atoms with E-state index in [-0.39, 0.29) is 13.2 Å². The van der Waals surface area contributed by atoms with Gasteiger partial charge >= 0.3 is 5.97 Å². The first-order chi connectivity index (χ1) is 8.72. The summed E-state index contributed by atoms with van der Waals surface area (Å²) >= 11 is 0. The number of benzene rings is 1. The van der Waals surface area contributed by atoms with Gasteiger partial charge in [0.1, 0.15) is 12.4 Å². The molecule has 1 aliphatic heterocycles. The minimum atomic E-state index is -0.774. The fourth-order valence-electron chi connectivity index (χ4n) is 1.85. The van der Waals surface area contributed by atoms with Gasteiger partial charge in [-0.3, -0.25) is 0 Å². The van der Waals surface area contributed by atoms with E-state index in [1.54, 1.807) is 30.3 Å². The van der Waals surface area contributed by atoms with Crippen LogP contribution in [0.5, 0.6) is 0 Å². The molecule has 18 heavy (non-hydrogen) atoms. The Balaban J connectivity index is 1.91. The van der Waals surface area contributed by atoms with Crippen LogP contribution >= 0.6 is 0 Å². The monoisotopic (exact) mass is 250 g/mol. The zero-order chi connectivity index (χ0) is 13.0. The third kappa shape index (κ3) is 2.75. The van der Waals surface area contributed by atoms with Crippen LogP contribution in [0, 0.1) is 5.92 Å². The Morgan fingerprint density at radius 3 is 2.83 bits per heavy atom. The maximum Gasteiger partial charge on any atom is 0.338 e. The average molecular weight is 250 g/mol. The number of hydrogen-bond acceptors (Lipinski definition) is 5. The van der Waals surface area contributed by atoms with Gasteiger partial charge in [0, 0.05) is 0 Å². The lowest BCUT2D eigenvalue weighted by Gasteiger charge is -2.15. The number of ether oxygens (including phenoxy) is 2. The van der Waals surface area contributed by atoms with Gasteiger partial charge in [-0.25, -0.2) is 4.79 Å². The summed E-state index contributed by atoms with van der Waals surface area (Å²) in [5.74, 6) is -0.963. The van der Waals surface area contributed by atoms with Crippen LogP contribution in [0.2, 0.25) is 0 Å². The molecule has 0 aliphatic carbocycles. The maximum atomic E-state index is 11.7. The zero-order valence-electron chi connectivity index (χ0n) is 9.69. The first-order valence-electron chi connectivity index (χ1n) is 5.69. The van der Waals surface area contributed by atoms with E-state index < -0.39 is 24.1 Å². The van der Waals surface area contributed by atoms with E-state index in [0.29, 0.717) is 11.8 Å². The molecule has 1 heterocycles. The van der Waals surface area contributed by atoms with Gasteiger partial charge in [-0.2, -0.15) is 0 Å². The molecule has 1 aliphatic rings. The average Bonchev–Trinajstić information content (AvgIpc) is 2.77. The second-order valence-corrected chi connectivity index (χ2v) is 4.13. The largest absolute Gasteiger partial charge is 0.462 e. The lowest BCUT2D eigenvalue weighted by Crippen LogP contribution is -2.30. The number of esters is 1. The molecule has 0 bridgehead atoms. The zero-order valence-corrected chi connectivity index (χ0v) is 9.69.